The van der Waals surface area contributed by atoms with Gasteiger partial charge in [0, 0.05) is 30.4 Å². The standard InChI is InChI=1S/C24H23FN6O2/c1-16-12-17(2)31(30-16)23-14-22(28-15-29-23)26-10-11-27-24(32)18-4-3-5-21(13-18)33-20-8-6-19(25)7-9-20/h3-9,12-15H,10-11H2,1-2H3,(H,27,32)(H,26,28,29). The van der Waals surface area contributed by atoms with Gasteiger partial charge in [-0.2, -0.15) is 5.10 Å². The largest absolute Gasteiger partial charge is 0.457 e. The van der Waals surface area contributed by atoms with Gasteiger partial charge in [-0.25, -0.2) is 19.0 Å². The van der Waals surface area contributed by atoms with Crippen molar-refractivity contribution in [3.05, 3.63) is 89.8 Å². The summed E-state index contributed by atoms with van der Waals surface area (Å²) in [4.78, 5) is 21.0. The van der Waals surface area contributed by atoms with E-state index in [-0.39, 0.29) is 11.7 Å². The normalized spacial score (nSPS) is 10.6. The van der Waals surface area contributed by atoms with Crippen LogP contribution >= 0.6 is 0 Å². The van der Waals surface area contributed by atoms with Gasteiger partial charge in [0.05, 0.1) is 5.69 Å². The minimum Gasteiger partial charge on any atom is -0.457 e. The summed E-state index contributed by atoms with van der Waals surface area (Å²) in [5.41, 5.74) is 2.36. The van der Waals surface area contributed by atoms with Crippen LogP contribution in [0.3, 0.4) is 0 Å². The molecule has 168 valence electrons. The first-order valence-electron chi connectivity index (χ1n) is 10.4. The zero-order chi connectivity index (χ0) is 23.2. The zero-order valence-corrected chi connectivity index (χ0v) is 18.2. The fourth-order valence-electron chi connectivity index (χ4n) is 3.23. The maximum absolute atomic E-state index is 13.0. The van der Waals surface area contributed by atoms with E-state index in [0.717, 1.165) is 11.4 Å². The lowest BCUT2D eigenvalue weighted by molar-refractivity contribution is 0.0955. The van der Waals surface area contributed by atoms with Crippen molar-refractivity contribution < 1.29 is 13.9 Å². The number of ether oxygens (including phenoxy) is 1. The van der Waals surface area contributed by atoms with Crippen molar-refractivity contribution in [1.82, 2.24) is 25.1 Å². The van der Waals surface area contributed by atoms with Crippen molar-refractivity contribution in [2.75, 3.05) is 18.4 Å². The van der Waals surface area contributed by atoms with Gasteiger partial charge in [-0.3, -0.25) is 4.79 Å². The van der Waals surface area contributed by atoms with Crippen LogP contribution in [0.25, 0.3) is 5.82 Å². The molecule has 2 aromatic carbocycles. The van der Waals surface area contributed by atoms with Gasteiger partial charge in [0.2, 0.25) is 0 Å². The monoisotopic (exact) mass is 446 g/mol. The average molecular weight is 446 g/mol. The fraction of sp³-hybridized carbons (Fsp3) is 0.167. The van der Waals surface area contributed by atoms with E-state index in [2.05, 4.69) is 25.7 Å². The quantitative estimate of drug-likeness (QED) is 0.397. The second-order valence-corrected chi connectivity index (χ2v) is 7.37. The van der Waals surface area contributed by atoms with Crippen LogP contribution in [0.4, 0.5) is 10.2 Å². The number of rotatable bonds is 8. The second-order valence-electron chi connectivity index (χ2n) is 7.37. The lowest BCUT2D eigenvalue weighted by Crippen LogP contribution is -2.28. The highest BCUT2D eigenvalue weighted by atomic mass is 19.1. The molecule has 0 saturated heterocycles. The highest BCUT2D eigenvalue weighted by molar-refractivity contribution is 5.94. The van der Waals surface area contributed by atoms with E-state index in [1.54, 1.807) is 35.0 Å². The molecule has 0 bridgehead atoms. The van der Waals surface area contributed by atoms with E-state index in [1.807, 2.05) is 19.9 Å². The molecule has 0 spiro atoms. The lowest BCUT2D eigenvalue weighted by atomic mass is 10.2. The summed E-state index contributed by atoms with van der Waals surface area (Å²) in [5.74, 6) is 1.71. The van der Waals surface area contributed by atoms with Crippen LogP contribution in [0.2, 0.25) is 0 Å². The van der Waals surface area contributed by atoms with Gasteiger partial charge in [0.25, 0.3) is 5.91 Å². The summed E-state index contributed by atoms with van der Waals surface area (Å²) < 4.78 is 20.5. The third-order valence-corrected chi connectivity index (χ3v) is 4.74. The topological polar surface area (TPSA) is 94.0 Å². The Hall–Kier alpha value is -4.27. The van der Waals surface area contributed by atoms with Gasteiger partial charge in [-0.05, 0) is 62.4 Å². The molecule has 0 aliphatic heterocycles. The Balaban J connectivity index is 1.30. The number of amides is 1. The van der Waals surface area contributed by atoms with Crippen molar-refractivity contribution in [3.8, 4) is 17.3 Å². The molecule has 33 heavy (non-hydrogen) atoms. The van der Waals surface area contributed by atoms with E-state index < -0.39 is 0 Å². The first-order valence-corrected chi connectivity index (χ1v) is 10.4. The van der Waals surface area contributed by atoms with Crippen LogP contribution in [0.1, 0.15) is 21.7 Å². The molecule has 1 amide bonds. The van der Waals surface area contributed by atoms with E-state index >= 15 is 0 Å². The van der Waals surface area contributed by atoms with Crippen LogP contribution in [0.15, 0.2) is 67.0 Å². The predicted molar refractivity (Wildman–Crippen MR) is 122 cm³/mol. The van der Waals surface area contributed by atoms with E-state index in [4.69, 9.17) is 4.74 Å². The molecule has 0 unspecified atom stereocenters. The Bertz CT molecular complexity index is 1260. The number of carbonyl (C=O) groups is 1. The van der Waals surface area contributed by atoms with Crippen LogP contribution in [0, 0.1) is 19.7 Å². The van der Waals surface area contributed by atoms with Crippen LogP contribution < -0.4 is 15.4 Å². The molecule has 9 heteroatoms. The molecule has 0 fully saturated rings. The number of hydrogen-bond acceptors (Lipinski definition) is 6. The molecule has 8 nitrogen and oxygen atoms in total. The summed E-state index contributed by atoms with van der Waals surface area (Å²) in [6, 6.07) is 16.3. The van der Waals surface area contributed by atoms with Crippen LogP contribution in [-0.2, 0) is 0 Å². The number of benzene rings is 2. The molecule has 0 atom stereocenters. The van der Waals surface area contributed by atoms with E-state index in [9.17, 15) is 9.18 Å². The Kier molecular flexibility index (Phi) is 6.58. The smallest absolute Gasteiger partial charge is 0.251 e. The van der Waals surface area contributed by atoms with Gasteiger partial charge in [-0.1, -0.05) is 6.07 Å². The summed E-state index contributed by atoms with van der Waals surface area (Å²) in [7, 11) is 0. The molecule has 0 radical (unpaired) electrons. The summed E-state index contributed by atoms with van der Waals surface area (Å²) in [6.07, 6.45) is 1.47. The Labute approximate surface area is 190 Å². The number of aryl methyl sites for hydroxylation is 2. The molecule has 0 aliphatic rings. The molecule has 2 heterocycles. The number of nitrogens with one attached hydrogen (secondary N) is 2. The van der Waals surface area contributed by atoms with Crippen molar-refractivity contribution in [2.24, 2.45) is 0 Å². The SMILES string of the molecule is Cc1cc(C)n(-c2cc(NCCNC(=O)c3cccc(Oc4ccc(F)cc4)c3)ncn2)n1. The summed E-state index contributed by atoms with van der Waals surface area (Å²) in [5, 5.41) is 10.5. The average Bonchev–Trinajstić information content (AvgIpc) is 3.16. The number of hydrogen-bond donors (Lipinski definition) is 2. The first-order chi connectivity index (χ1) is 16.0. The summed E-state index contributed by atoms with van der Waals surface area (Å²) in [6.45, 7) is 4.76. The third kappa shape index (κ3) is 5.70. The molecular formula is C24H23FN6O2. The van der Waals surface area contributed by atoms with Gasteiger partial charge in [0.15, 0.2) is 5.82 Å². The second kappa shape index (κ2) is 9.90. The number of halogens is 1. The maximum atomic E-state index is 13.0. The Morgan fingerprint density at radius 3 is 2.58 bits per heavy atom. The van der Waals surface area contributed by atoms with Crippen molar-refractivity contribution >= 4 is 11.7 Å². The predicted octanol–water partition coefficient (Wildman–Crippen LogP) is 4.05. The Morgan fingerprint density at radius 2 is 1.82 bits per heavy atom. The number of carbonyl (C=O) groups excluding carboxylic acids is 1. The number of aromatic nitrogens is 4. The van der Waals surface area contributed by atoms with Gasteiger partial charge in [-0.15, -0.1) is 0 Å². The molecular weight excluding hydrogens is 423 g/mol. The molecule has 0 aliphatic carbocycles. The fourth-order valence-corrected chi connectivity index (χ4v) is 3.23. The minimum atomic E-state index is -0.339. The minimum absolute atomic E-state index is 0.229. The molecule has 0 saturated carbocycles. The molecule has 2 N–H and O–H groups in total. The lowest BCUT2D eigenvalue weighted by Gasteiger charge is -2.10. The van der Waals surface area contributed by atoms with E-state index in [0.29, 0.717) is 41.8 Å². The summed E-state index contributed by atoms with van der Waals surface area (Å²) >= 11 is 0. The molecule has 4 rings (SSSR count). The maximum Gasteiger partial charge on any atom is 0.251 e. The molecule has 2 aromatic heterocycles. The van der Waals surface area contributed by atoms with Crippen LogP contribution in [0.5, 0.6) is 11.5 Å². The molecule has 4 aromatic rings. The number of nitrogens with zero attached hydrogens (tertiary/aromatic N) is 4. The first kappa shape index (κ1) is 21.9. The van der Waals surface area contributed by atoms with Gasteiger partial charge < -0.3 is 15.4 Å². The highest BCUT2D eigenvalue weighted by Crippen LogP contribution is 2.22. The third-order valence-electron chi connectivity index (χ3n) is 4.74. The van der Waals surface area contributed by atoms with Crippen molar-refractivity contribution in [3.63, 3.8) is 0 Å². The Morgan fingerprint density at radius 1 is 1.00 bits per heavy atom. The highest BCUT2D eigenvalue weighted by Gasteiger charge is 2.09. The van der Waals surface area contributed by atoms with Crippen molar-refractivity contribution in [1.29, 1.82) is 0 Å². The zero-order valence-electron chi connectivity index (χ0n) is 18.2. The van der Waals surface area contributed by atoms with Crippen molar-refractivity contribution in [2.45, 2.75) is 13.8 Å². The van der Waals surface area contributed by atoms with E-state index in [1.165, 1.54) is 30.6 Å². The van der Waals surface area contributed by atoms with Gasteiger partial charge in [0.1, 0.15) is 29.5 Å². The van der Waals surface area contributed by atoms with Gasteiger partial charge >= 0.3 is 0 Å². The van der Waals surface area contributed by atoms with Crippen LogP contribution in [-0.4, -0.2) is 38.7 Å². The number of anilines is 1.